The zero-order chi connectivity index (χ0) is 15.2. The van der Waals surface area contributed by atoms with Gasteiger partial charge in [0.25, 0.3) is 0 Å². The number of rotatable bonds is 9. The molecule has 0 saturated carbocycles. The van der Waals surface area contributed by atoms with Gasteiger partial charge in [0.05, 0.1) is 11.7 Å². The minimum absolute atomic E-state index is 0.197. The number of nitrogens with zero attached hydrogens (tertiary/aromatic N) is 1. The maximum Gasteiger partial charge on any atom is 0.243 e. The molecule has 1 amide bonds. The normalized spacial score (nSPS) is 26.8. The molecule has 1 heterocycles. The highest BCUT2D eigenvalue weighted by atomic mass is 16.5. The van der Waals surface area contributed by atoms with Crippen LogP contribution in [0.1, 0.15) is 60.3 Å². The zero-order valence-electron chi connectivity index (χ0n) is 13.9. The van der Waals surface area contributed by atoms with Crippen LogP contribution >= 0.6 is 0 Å². The molecule has 0 aromatic rings. The van der Waals surface area contributed by atoms with Crippen LogP contribution in [0.15, 0.2) is 0 Å². The van der Waals surface area contributed by atoms with Gasteiger partial charge in [0.1, 0.15) is 0 Å². The SMILES string of the molecule is CCCC1NC(C)(CC)C(=O)N1CCCOCC(C)C. The van der Waals surface area contributed by atoms with Crippen molar-refractivity contribution in [2.45, 2.75) is 72.0 Å². The lowest BCUT2D eigenvalue weighted by Crippen LogP contribution is -2.43. The van der Waals surface area contributed by atoms with E-state index in [2.05, 4.69) is 33.0 Å². The Kier molecular flexibility index (Phi) is 6.96. The molecular weight excluding hydrogens is 252 g/mol. The third-order valence-corrected chi connectivity index (χ3v) is 4.00. The van der Waals surface area contributed by atoms with Crippen molar-refractivity contribution in [2.75, 3.05) is 19.8 Å². The van der Waals surface area contributed by atoms with E-state index in [-0.39, 0.29) is 17.6 Å². The molecule has 2 unspecified atom stereocenters. The maximum absolute atomic E-state index is 12.5. The van der Waals surface area contributed by atoms with Crippen LogP contribution in [0, 0.1) is 5.92 Å². The van der Waals surface area contributed by atoms with Gasteiger partial charge < -0.3 is 9.64 Å². The first kappa shape index (κ1) is 17.4. The summed E-state index contributed by atoms with van der Waals surface area (Å²) in [6.07, 6.45) is 4.06. The smallest absolute Gasteiger partial charge is 0.243 e. The first-order valence-corrected chi connectivity index (χ1v) is 8.11. The Balaban J connectivity index is 2.46. The van der Waals surface area contributed by atoms with Gasteiger partial charge in [0, 0.05) is 19.8 Å². The second-order valence-corrected chi connectivity index (χ2v) is 6.46. The maximum atomic E-state index is 12.5. The summed E-state index contributed by atoms with van der Waals surface area (Å²) in [6.45, 7) is 12.9. The van der Waals surface area contributed by atoms with Crippen molar-refractivity contribution < 1.29 is 9.53 Å². The minimum atomic E-state index is -0.376. The Hall–Kier alpha value is -0.610. The van der Waals surface area contributed by atoms with E-state index in [1.165, 1.54) is 0 Å². The summed E-state index contributed by atoms with van der Waals surface area (Å²) < 4.78 is 5.61. The number of carbonyl (C=O) groups excluding carboxylic acids is 1. The van der Waals surface area contributed by atoms with Gasteiger partial charge in [-0.3, -0.25) is 10.1 Å². The lowest BCUT2D eigenvalue weighted by molar-refractivity contribution is -0.133. The van der Waals surface area contributed by atoms with Gasteiger partial charge in [-0.25, -0.2) is 0 Å². The van der Waals surface area contributed by atoms with E-state index in [0.29, 0.717) is 5.92 Å². The van der Waals surface area contributed by atoms with Crippen molar-refractivity contribution in [3.63, 3.8) is 0 Å². The summed E-state index contributed by atoms with van der Waals surface area (Å²) in [6, 6.07) is 0. The highest BCUT2D eigenvalue weighted by molar-refractivity contribution is 5.88. The summed E-state index contributed by atoms with van der Waals surface area (Å²) in [5.74, 6) is 0.823. The predicted molar refractivity (Wildman–Crippen MR) is 82.5 cm³/mol. The fraction of sp³-hybridized carbons (Fsp3) is 0.938. The van der Waals surface area contributed by atoms with E-state index < -0.39 is 0 Å². The van der Waals surface area contributed by atoms with Crippen LogP contribution in [-0.2, 0) is 9.53 Å². The summed E-state index contributed by atoms with van der Waals surface area (Å²) in [5.41, 5.74) is -0.376. The quantitative estimate of drug-likeness (QED) is 0.662. The van der Waals surface area contributed by atoms with Crippen LogP contribution in [0.3, 0.4) is 0 Å². The van der Waals surface area contributed by atoms with Crippen molar-refractivity contribution in [1.82, 2.24) is 10.2 Å². The standard InChI is InChI=1S/C16H32N2O2/c1-6-9-14-17-16(5,7-2)15(19)18(14)10-8-11-20-12-13(3)4/h13-14,17H,6-12H2,1-5H3. The Morgan fingerprint density at radius 2 is 2.10 bits per heavy atom. The molecule has 1 rings (SSSR count). The molecule has 1 N–H and O–H groups in total. The number of hydrogen-bond acceptors (Lipinski definition) is 3. The molecular formula is C16H32N2O2. The minimum Gasteiger partial charge on any atom is -0.381 e. The van der Waals surface area contributed by atoms with Gasteiger partial charge in [0.2, 0.25) is 5.91 Å². The molecule has 118 valence electrons. The van der Waals surface area contributed by atoms with Crippen molar-refractivity contribution in [2.24, 2.45) is 5.92 Å². The largest absolute Gasteiger partial charge is 0.381 e. The number of carbonyl (C=O) groups is 1. The molecule has 20 heavy (non-hydrogen) atoms. The number of amides is 1. The Morgan fingerprint density at radius 3 is 2.65 bits per heavy atom. The van der Waals surface area contributed by atoms with E-state index in [9.17, 15) is 4.79 Å². The highest BCUT2D eigenvalue weighted by Gasteiger charge is 2.45. The second-order valence-electron chi connectivity index (χ2n) is 6.46. The molecule has 1 aliphatic rings. The summed E-state index contributed by atoms with van der Waals surface area (Å²) >= 11 is 0. The molecule has 1 fully saturated rings. The summed E-state index contributed by atoms with van der Waals surface area (Å²) in [7, 11) is 0. The summed E-state index contributed by atoms with van der Waals surface area (Å²) in [5, 5.41) is 3.51. The van der Waals surface area contributed by atoms with Crippen LogP contribution in [0.4, 0.5) is 0 Å². The number of ether oxygens (including phenoxy) is 1. The molecule has 0 aromatic carbocycles. The van der Waals surface area contributed by atoms with Crippen molar-refractivity contribution in [1.29, 1.82) is 0 Å². The van der Waals surface area contributed by atoms with Gasteiger partial charge in [-0.2, -0.15) is 0 Å². The van der Waals surface area contributed by atoms with E-state index in [1.807, 2.05) is 11.8 Å². The molecule has 0 aromatic heterocycles. The second kappa shape index (κ2) is 7.99. The molecule has 0 bridgehead atoms. The van der Waals surface area contributed by atoms with Gasteiger partial charge >= 0.3 is 0 Å². The Labute approximate surface area is 124 Å². The van der Waals surface area contributed by atoms with Gasteiger partial charge in [-0.05, 0) is 32.1 Å². The molecule has 4 nitrogen and oxygen atoms in total. The molecule has 2 atom stereocenters. The lowest BCUT2D eigenvalue weighted by atomic mass is 9.99. The molecule has 1 aliphatic heterocycles. The Bertz CT molecular complexity index is 307. The predicted octanol–water partition coefficient (Wildman–Crippen LogP) is 2.78. The van der Waals surface area contributed by atoms with E-state index in [0.717, 1.165) is 45.4 Å². The molecule has 0 radical (unpaired) electrons. The van der Waals surface area contributed by atoms with Gasteiger partial charge in [-0.15, -0.1) is 0 Å². The van der Waals surface area contributed by atoms with Crippen molar-refractivity contribution >= 4 is 5.91 Å². The lowest BCUT2D eigenvalue weighted by Gasteiger charge is -2.24. The first-order chi connectivity index (χ1) is 9.44. The fourth-order valence-corrected chi connectivity index (χ4v) is 2.63. The van der Waals surface area contributed by atoms with Crippen LogP contribution in [0.5, 0.6) is 0 Å². The van der Waals surface area contributed by atoms with Gasteiger partial charge in [0.15, 0.2) is 0 Å². The highest BCUT2D eigenvalue weighted by Crippen LogP contribution is 2.25. The van der Waals surface area contributed by atoms with Gasteiger partial charge in [-0.1, -0.05) is 34.1 Å². The Morgan fingerprint density at radius 1 is 1.40 bits per heavy atom. The average Bonchev–Trinajstić information content (AvgIpc) is 2.63. The first-order valence-electron chi connectivity index (χ1n) is 8.11. The van der Waals surface area contributed by atoms with Crippen LogP contribution in [0.25, 0.3) is 0 Å². The van der Waals surface area contributed by atoms with E-state index >= 15 is 0 Å². The zero-order valence-corrected chi connectivity index (χ0v) is 13.9. The van der Waals surface area contributed by atoms with E-state index in [4.69, 9.17) is 4.74 Å². The van der Waals surface area contributed by atoms with Crippen molar-refractivity contribution in [3.8, 4) is 0 Å². The third kappa shape index (κ3) is 4.45. The van der Waals surface area contributed by atoms with Crippen LogP contribution in [0.2, 0.25) is 0 Å². The fourth-order valence-electron chi connectivity index (χ4n) is 2.63. The number of hydrogen-bond donors (Lipinski definition) is 1. The third-order valence-electron chi connectivity index (χ3n) is 4.00. The molecule has 0 aliphatic carbocycles. The van der Waals surface area contributed by atoms with Crippen LogP contribution in [-0.4, -0.2) is 42.3 Å². The van der Waals surface area contributed by atoms with Crippen LogP contribution < -0.4 is 5.32 Å². The monoisotopic (exact) mass is 284 g/mol. The van der Waals surface area contributed by atoms with E-state index in [1.54, 1.807) is 0 Å². The molecule has 1 saturated heterocycles. The topological polar surface area (TPSA) is 41.6 Å². The molecule has 4 heteroatoms. The number of nitrogens with one attached hydrogen (secondary N) is 1. The molecule has 0 spiro atoms. The summed E-state index contributed by atoms with van der Waals surface area (Å²) in [4.78, 5) is 14.6. The van der Waals surface area contributed by atoms with Crippen molar-refractivity contribution in [3.05, 3.63) is 0 Å². The average molecular weight is 284 g/mol.